The van der Waals surface area contributed by atoms with Crippen LogP contribution >= 0.6 is 15.9 Å². The summed E-state index contributed by atoms with van der Waals surface area (Å²) in [4.78, 5) is 13.7. The number of hydrogen-bond donors (Lipinski definition) is 2. The Balaban J connectivity index is 3.05. The largest absolute Gasteiger partial charge is 0.358 e. The molecule has 106 valence electrons. The number of nitrogens with one attached hydrogen (secondary N) is 1. The molecule has 19 heavy (non-hydrogen) atoms. The van der Waals surface area contributed by atoms with Crippen molar-refractivity contribution in [2.45, 2.75) is 25.9 Å². The summed E-state index contributed by atoms with van der Waals surface area (Å²) in [5, 5.41) is 2.66. The fraction of sp³-hybridized carbons (Fsp3) is 0.500. The zero-order chi connectivity index (χ0) is 14.4. The van der Waals surface area contributed by atoms with Crippen LogP contribution in [0.15, 0.2) is 28.7 Å². The first-order valence-corrected chi connectivity index (χ1v) is 7.25. The van der Waals surface area contributed by atoms with Crippen molar-refractivity contribution in [3.63, 3.8) is 0 Å². The molecule has 0 heterocycles. The molecule has 0 saturated carbocycles. The number of rotatable bonds is 6. The minimum Gasteiger partial charge on any atom is -0.358 e. The molecular formula is C14H22BrN3O. The number of benzene rings is 1. The molecule has 2 atom stereocenters. The van der Waals surface area contributed by atoms with Gasteiger partial charge in [-0.05, 0) is 25.1 Å². The van der Waals surface area contributed by atoms with Gasteiger partial charge in [0, 0.05) is 17.6 Å². The Morgan fingerprint density at radius 3 is 2.58 bits per heavy atom. The van der Waals surface area contributed by atoms with E-state index in [9.17, 15) is 4.79 Å². The molecule has 2 unspecified atom stereocenters. The summed E-state index contributed by atoms with van der Waals surface area (Å²) >= 11 is 3.56. The molecule has 0 bridgehead atoms. The van der Waals surface area contributed by atoms with Gasteiger partial charge in [-0.2, -0.15) is 0 Å². The third-order valence-electron chi connectivity index (χ3n) is 3.15. The lowest BCUT2D eigenvalue weighted by Crippen LogP contribution is -2.44. The topological polar surface area (TPSA) is 58.4 Å². The van der Waals surface area contributed by atoms with Crippen molar-refractivity contribution in [1.29, 1.82) is 0 Å². The van der Waals surface area contributed by atoms with Crippen molar-refractivity contribution >= 4 is 21.8 Å². The molecular weight excluding hydrogens is 306 g/mol. The number of carbonyl (C=O) groups is 1. The van der Waals surface area contributed by atoms with Crippen LogP contribution in [-0.4, -0.2) is 37.0 Å². The molecule has 1 aromatic carbocycles. The van der Waals surface area contributed by atoms with Crippen molar-refractivity contribution in [2.75, 3.05) is 20.1 Å². The Kier molecular flexibility index (Phi) is 6.48. The van der Waals surface area contributed by atoms with Gasteiger partial charge in [0.2, 0.25) is 5.91 Å². The van der Waals surface area contributed by atoms with Crippen molar-refractivity contribution in [2.24, 2.45) is 5.73 Å². The molecule has 1 aromatic rings. The zero-order valence-corrected chi connectivity index (χ0v) is 13.3. The fourth-order valence-corrected chi connectivity index (χ4v) is 2.72. The van der Waals surface area contributed by atoms with E-state index in [2.05, 4.69) is 26.1 Å². The highest BCUT2D eigenvalue weighted by Gasteiger charge is 2.25. The first kappa shape index (κ1) is 16.1. The second kappa shape index (κ2) is 7.62. The average Bonchev–Trinajstić information content (AvgIpc) is 2.39. The molecule has 4 nitrogen and oxygen atoms in total. The van der Waals surface area contributed by atoms with Crippen LogP contribution in [-0.2, 0) is 4.79 Å². The Morgan fingerprint density at radius 1 is 1.47 bits per heavy atom. The van der Waals surface area contributed by atoms with E-state index in [-0.39, 0.29) is 18.0 Å². The summed E-state index contributed by atoms with van der Waals surface area (Å²) in [5.74, 6) is -0.000413. The number of halogens is 1. The van der Waals surface area contributed by atoms with E-state index in [1.165, 1.54) is 0 Å². The lowest BCUT2D eigenvalue weighted by Gasteiger charge is -2.33. The van der Waals surface area contributed by atoms with Crippen LogP contribution in [0.4, 0.5) is 0 Å². The molecule has 0 aliphatic heterocycles. The van der Waals surface area contributed by atoms with Crippen LogP contribution in [0.1, 0.15) is 25.5 Å². The Morgan fingerprint density at radius 2 is 2.11 bits per heavy atom. The standard InChI is InChI=1S/C14H22BrN3O/c1-4-18(9-13(19)17-3)14(10(2)16)11-7-5-6-8-12(11)15/h5-8,10,14H,4,9,16H2,1-3H3,(H,17,19). The van der Waals surface area contributed by atoms with Crippen molar-refractivity contribution in [3.05, 3.63) is 34.3 Å². The minimum atomic E-state index is -0.0664. The lowest BCUT2D eigenvalue weighted by atomic mass is 9.99. The highest BCUT2D eigenvalue weighted by atomic mass is 79.9. The quantitative estimate of drug-likeness (QED) is 0.839. The number of amides is 1. The maximum Gasteiger partial charge on any atom is 0.233 e. The van der Waals surface area contributed by atoms with Crippen LogP contribution in [0.25, 0.3) is 0 Å². The van der Waals surface area contributed by atoms with Crippen LogP contribution in [0.2, 0.25) is 0 Å². The van der Waals surface area contributed by atoms with E-state index >= 15 is 0 Å². The lowest BCUT2D eigenvalue weighted by molar-refractivity contribution is -0.122. The molecule has 0 spiro atoms. The minimum absolute atomic E-state index is 0.000413. The van der Waals surface area contributed by atoms with E-state index in [0.29, 0.717) is 6.54 Å². The molecule has 0 aromatic heterocycles. The third kappa shape index (κ3) is 4.30. The van der Waals surface area contributed by atoms with Gasteiger partial charge in [-0.1, -0.05) is 41.1 Å². The van der Waals surface area contributed by atoms with Gasteiger partial charge in [0.15, 0.2) is 0 Å². The van der Waals surface area contributed by atoms with Gasteiger partial charge < -0.3 is 11.1 Å². The van der Waals surface area contributed by atoms with Gasteiger partial charge in [0.05, 0.1) is 12.6 Å². The molecule has 0 fully saturated rings. The van der Waals surface area contributed by atoms with Crippen LogP contribution in [0.3, 0.4) is 0 Å². The molecule has 3 N–H and O–H groups in total. The molecule has 1 rings (SSSR count). The first-order valence-electron chi connectivity index (χ1n) is 6.45. The van der Waals surface area contributed by atoms with Crippen molar-refractivity contribution in [1.82, 2.24) is 10.2 Å². The Labute approximate surface area is 123 Å². The van der Waals surface area contributed by atoms with Crippen molar-refractivity contribution < 1.29 is 4.79 Å². The maximum atomic E-state index is 11.6. The normalized spacial score (nSPS) is 14.2. The van der Waals surface area contributed by atoms with E-state index < -0.39 is 0 Å². The number of nitrogens with zero attached hydrogens (tertiary/aromatic N) is 1. The molecule has 0 aliphatic rings. The Hall–Kier alpha value is -0.910. The van der Waals surface area contributed by atoms with Gasteiger partial charge in [-0.15, -0.1) is 0 Å². The number of carbonyl (C=O) groups excluding carboxylic acids is 1. The fourth-order valence-electron chi connectivity index (χ4n) is 2.20. The second-order valence-corrected chi connectivity index (χ2v) is 5.42. The van der Waals surface area contributed by atoms with Gasteiger partial charge in [0.25, 0.3) is 0 Å². The SMILES string of the molecule is CCN(CC(=O)NC)C(c1ccccc1Br)C(C)N. The molecule has 0 aliphatic carbocycles. The maximum absolute atomic E-state index is 11.6. The molecule has 0 radical (unpaired) electrons. The smallest absolute Gasteiger partial charge is 0.233 e. The Bertz CT molecular complexity index is 423. The number of hydrogen-bond acceptors (Lipinski definition) is 3. The van der Waals surface area contributed by atoms with E-state index in [4.69, 9.17) is 5.73 Å². The predicted octanol–water partition coefficient (Wildman–Crippen LogP) is 1.91. The summed E-state index contributed by atoms with van der Waals surface area (Å²) in [6, 6.07) is 7.95. The predicted molar refractivity (Wildman–Crippen MR) is 81.8 cm³/mol. The summed E-state index contributed by atoms with van der Waals surface area (Å²) in [6.07, 6.45) is 0. The molecule has 1 amide bonds. The highest BCUT2D eigenvalue weighted by molar-refractivity contribution is 9.10. The van der Waals surface area contributed by atoms with Gasteiger partial charge in [0.1, 0.15) is 0 Å². The monoisotopic (exact) mass is 327 g/mol. The van der Waals surface area contributed by atoms with Gasteiger partial charge in [-0.3, -0.25) is 9.69 Å². The third-order valence-corrected chi connectivity index (χ3v) is 3.87. The van der Waals surface area contributed by atoms with E-state index in [1.54, 1.807) is 7.05 Å². The van der Waals surface area contributed by atoms with Gasteiger partial charge in [-0.25, -0.2) is 0 Å². The number of nitrogens with two attached hydrogens (primary N) is 1. The van der Waals surface area contributed by atoms with Gasteiger partial charge >= 0.3 is 0 Å². The van der Waals surface area contributed by atoms with Crippen molar-refractivity contribution in [3.8, 4) is 0 Å². The molecule has 0 saturated heterocycles. The summed E-state index contributed by atoms with van der Waals surface area (Å²) in [7, 11) is 1.65. The summed E-state index contributed by atoms with van der Waals surface area (Å²) in [6.45, 7) is 5.12. The zero-order valence-electron chi connectivity index (χ0n) is 11.7. The second-order valence-electron chi connectivity index (χ2n) is 4.56. The van der Waals surface area contributed by atoms with Crippen LogP contribution in [0.5, 0.6) is 0 Å². The summed E-state index contributed by atoms with van der Waals surface area (Å²) in [5.41, 5.74) is 7.25. The first-order chi connectivity index (χ1) is 9.01. The summed E-state index contributed by atoms with van der Waals surface area (Å²) < 4.78 is 1.02. The average molecular weight is 328 g/mol. The van der Waals surface area contributed by atoms with E-state index in [0.717, 1.165) is 16.6 Å². The van der Waals surface area contributed by atoms with Crippen LogP contribution in [0, 0.1) is 0 Å². The van der Waals surface area contributed by atoms with Crippen LogP contribution < -0.4 is 11.1 Å². The van der Waals surface area contributed by atoms with E-state index in [1.807, 2.05) is 38.1 Å². The number of likely N-dealkylation sites (N-methyl/N-ethyl adjacent to an activating group) is 2. The highest BCUT2D eigenvalue weighted by Crippen LogP contribution is 2.29. The molecule has 5 heteroatoms.